The molecule has 0 aliphatic heterocycles. The lowest BCUT2D eigenvalue weighted by Gasteiger charge is -2.00. The van der Waals surface area contributed by atoms with Crippen molar-refractivity contribution in [1.29, 1.82) is 0 Å². The summed E-state index contributed by atoms with van der Waals surface area (Å²) in [6.45, 7) is 17.5. The van der Waals surface area contributed by atoms with Crippen LogP contribution in [0.15, 0.2) is 0 Å². The van der Waals surface area contributed by atoms with Gasteiger partial charge in [0, 0.05) is 41.7 Å². The van der Waals surface area contributed by atoms with E-state index in [-0.39, 0.29) is 19.6 Å². The van der Waals surface area contributed by atoms with Crippen LogP contribution >= 0.6 is 0 Å². The molecule has 0 aliphatic rings. The highest BCUT2D eigenvalue weighted by atomic mass is 16.5. The minimum Gasteiger partial charge on any atom is -0.385 e. The van der Waals surface area contributed by atoms with Crippen LogP contribution in [-0.4, -0.2) is 67.4 Å². The van der Waals surface area contributed by atoms with E-state index in [0.717, 1.165) is 26.1 Å². The van der Waals surface area contributed by atoms with Gasteiger partial charge in [0.15, 0.2) is 0 Å². The van der Waals surface area contributed by atoms with Crippen LogP contribution in [0.5, 0.6) is 0 Å². The zero-order valence-electron chi connectivity index (χ0n) is 20.0. The van der Waals surface area contributed by atoms with Crippen LogP contribution in [0.1, 0.15) is 61.8 Å². The van der Waals surface area contributed by atoms with E-state index >= 15 is 0 Å². The highest BCUT2D eigenvalue weighted by Crippen LogP contribution is 1.90. The summed E-state index contributed by atoms with van der Waals surface area (Å²) in [5.74, 6) is 4.96. The van der Waals surface area contributed by atoms with Gasteiger partial charge in [0.25, 0.3) is 0 Å². The van der Waals surface area contributed by atoms with Crippen molar-refractivity contribution in [1.82, 2.24) is 0 Å². The predicted octanol–water partition coefficient (Wildman–Crippen LogP) is 4.69. The Bertz CT molecular complexity index is 232. The van der Waals surface area contributed by atoms with Crippen LogP contribution in [-0.2, 0) is 28.5 Å². The van der Waals surface area contributed by atoms with Gasteiger partial charge in [-0.1, -0.05) is 47.0 Å². The maximum Gasteiger partial charge on any atom is 0.117 e. The number of terminal acetylenes is 2. The number of rotatable bonds is 6. The fourth-order valence-electron chi connectivity index (χ4n) is 0.705. The Kier molecular flexibility index (Phi) is 144. The second-order valence-electron chi connectivity index (χ2n) is 3.75. The molecule has 6 heteroatoms. The molecule has 0 radical (unpaired) electrons. The van der Waals surface area contributed by atoms with Gasteiger partial charge in [-0.3, -0.25) is 0 Å². The lowest BCUT2D eigenvalue weighted by molar-refractivity contribution is -0.0987. The van der Waals surface area contributed by atoms with E-state index in [1.807, 2.05) is 55.1 Å². The molecule has 0 amide bonds. The third-order valence-corrected chi connectivity index (χ3v) is 2.26. The zero-order chi connectivity index (χ0) is 24.2. The molecular weight excluding hydrogens is 372 g/mol. The van der Waals surface area contributed by atoms with E-state index in [4.69, 9.17) is 31.9 Å². The van der Waals surface area contributed by atoms with Crippen molar-refractivity contribution in [2.45, 2.75) is 74.0 Å². The summed E-state index contributed by atoms with van der Waals surface area (Å²) in [6, 6.07) is 0. The van der Waals surface area contributed by atoms with Gasteiger partial charge in [-0.2, -0.15) is 0 Å². The third kappa shape index (κ3) is 103. The fraction of sp³-hybridized carbons (Fsp3) is 0.739. The summed E-state index contributed by atoms with van der Waals surface area (Å²) < 4.78 is 18.7. The highest BCUT2D eigenvalue weighted by molar-refractivity contribution is 5.11. The smallest absolute Gasteiger partial charge is 0.117 e. The summed E-state index contributed by atoms with van der Waals surface area (Å²) >= 11 is 0. The zero-order valence-corrected chi connectivity index (χ0v) is 20.0. The van der Waals surface area contributed by atoms with Crippen LogP contribution in [0, 0.1) is 24.7 Å². The average molecular weight is 423 g/mol. The van der Waals surface area contributed by atoms with E-state index in [0.29, 0.717) is 0 Å². The number of methoxy groups -OCH3 is 4. The second kappa shape index (κ2) is 82.3. The van der Waals surface area contributed by atoms with Gasteiger partial charge < -0.3 is 28.5 Å². The quantitative estimate of drug-likeness (QED) is 0.579. The molecule has 0 spiro atoms. The highest BCUT2D eigenvalue weighted by Gasteiger charge is 1.93. The molecule has 0 aromatic carbocycles. The molecule has 0 fully saturated rings. The minimum atomic E-state index is 0. The maximum atomic E-state index is 8.00. The normalized spacial score (nSPS) is 8.69. The molecule has 0 aromatic rings. The van der Waals surface area contributed by atoms with Crippen LogP contribution in [0.2, 0.25) is 0 Å². The Labute approximate surface area is 183 Å². The largest absolute Gasteiger partial charge is 0.385 e. The third-order valence-electron chi connectivity index (χ3n) is 2.26. The fourth-order valence-corrected chi connectivity index (χ4v) is 0.705. The van der Waals surface area contributed by atoms with Gasteiger partial charge in [-0.05, 0) is 26.7 Å². The van der Waals surface area contributed by atoms with Gasteiger partial charge >= 0.3 is 0 Å². The Morgan fingerprint density at radius 1 is 0.690 bits per heavy atom. The number of hydrogen-bond donors (Lipinski definition) is 0. The van der Waals surface area contributed by atoms with Crippen molar-refractivity contribution in [2.24, 2.45) is 0 Å². The molecule has 0 bridgehead atoms. The maximum absolute atomic E-state index is 8.00. The summed E-state index contributed by atoms with van der Waals surface area (Å²) in [7, 11) is 6.60. The van der Waals surface area contributed by atoms with Crippen molar-refractivity contribution in [3.63, 3.8) is 0 Å². The van der Waals surface area contributed by atoms with Gasteiger partial charge in [0.05, 0.1) is 0 Å². The van der Waals surface area contributed by atoms with Crippen LogP contribution in [0.4, 0.5) is 0 Å². The summed E-state index contributed by atoms with van der Waals surface area (Å²) in [4.78, 5) is 16.0. The molecule has 2 unspecified atom stereocenters. The topological polar surface area (TPSA) is 71.1 Å². The number of ether oxygens (including phenoxy) is 4. The molecule has 0 saturated carbocycles. The van der Waals surface area contributed by atoms with Gasteiger partial charge in [-0.15, -0.1) is 12.8 Å². The van der Waals surface area contributed by atoms with Crippen molar-refractivity contribution < 1.29 is 28.5 Å². The van der Waals surface area contributed by atoms with E-state index in [9.17, 15) is 0 Å². The lowest BCUT2D eigenvalue weighted by atomic mass is 10.3. The molecular formula is C23H50O6. The molecule has 0 saturated heterocycles. The lowest BCUT2D eigenvalue weighted by Crippen LogP contribution is -2.03. The Balaban J connectivity index is -0.0000000314. The average Bonchev–Trinajstić information content (AvgIpc) is 2.81. The van der Waals surface area contributed by atoms with Crippen LogP contribution in [0.3, 0.4) is 0 Å². The van der Waals surface area contributed by atoms with Crippen LogP contribution in [0.25, 0.3) is 0 Å². The van der Waals surface area contributed by atoms with Gasteiger partial charge in [0.1, 0.15) is 25.8 Å². The van der Waals surface area contributed by atoms with E-state index in [2.05, 4.69) is 21.3 Å². The molecule has 0 aliphatic carbocycles. The van der Waals surface area contributed by atoms with Gasteiger partial charge in [-0.25, -0.2) is 0 Å². The predicted molar refractivity (Wildman–Crippen MR) is 127 cm³/mol. The first-order chi connectivity index (χ1) is 13.5. The SMILES string of the molecule is C.C#CC(CC)OC.C#CC(CC)OC.C=O.C=O.CC.CCOC.CCOC. The monoisotopic (exact) mass is 422 g/mol. The second-order valence-corrected chi connectivity index (χ2v) is 3.75. The van der Waals surface area contributed by atoms with Crippen molar-refractivity contribution in [3.05, 3.63) is 0 Å². The van der Waals surface area contributed by atoms with E-state index in [1.165, 1.54) is 0 Å². The first kappa shape index (κ1) is 50.7. The van der Waals surface area contributed by atoms with E-state index < -0.39 is 0 Å². The molecule has 0 rings (SSSR count). The van der Waals surface area contributed by atoms with E-state index in [1.54, 1.807) is 28.4 Å². The number of carbonyl (C=O) groups is 2. The Morgan fingerprint density at radius 2 is 0.862 bits per heavy atom. The molecule has 0 N–H and O–H groups in total. The van der Waals surface area contributed by atoms with Crippen molar-refractivity contribution in [3.8, 4) is 24.7 Å². The first-order valence-electron chi connectivity index (χ1n) is 9.06. The first-order valence-corrected chi connectivity index (χ1v) is 9.06. The molecule has 178 valence electrons. The summed E-state index contributed by atoms with van der Waals surface area (Å²) in [5, 5.41) is 0. The van der Waals surface area contributed by atoms with Crippen molar-refractivity contribution in [2.75, 3.05) is 41.7 Å². The molecule has 2 atom stereocenters. The summed E-state index contributed by atoms with van der Waals surface area (Å²) in [6.07, 6.45) is 11.9. The van der Waals surface area contributed by atoms with Crippen LogP contribution < -0.4 is 0 Å². The Hall–Kier alpha value is -1.70. The standard InChI is InChI=1S/2C6H10O.2C3H8O.C2H6.2CH2O.CH4/c2*1-4-6(5-2)7-3;2*1-3-4-2;3*1-2;/h2*1,6H,5H2,2-3H3;2*3H2,1-2H3;1-2H3;2*1H2;1H4. The summed E-state index contributed by atoms with van der Waals surface area (Å²) in [5.41, 5.74) is 0. The van der Waals surface area contributed by atoms with Gasteiger partial charge in [0.2, 0.25) is 0 Å². The van der Waals surface area contributed by atoms with Crippen molar-refractivity contribution >= 4 is 13.6 Å². The molecule has 29 heavy (non-hydrogen) atoms. The Morgan fingerprint density at radius 3 is 0.862 bits per heavy atom. The molecule has 6 nitrogen and oxygen atoms in total. The number of carbonyl (C=O) groups excluding carboxylic acids is 2. The molecule has 0 aromatic heterocycles. The molecule has 0 heterocycles. The number of hydrogen-bond acceptors (Lipinski definition) is 6. The minimum absolute atomic E-state index is 0.